The number of rotatable bonds is 3. The number of nitrogens with one attached hydrogen (secondary N) is 1. The van der Waals surface area contributed by atoms with E-state index in [2.05, 4.69) is 41.3 Å². The van der Waals surface area contributed by atoms with Crippen LogP contribution in [0.1, 0.15) is 17.0 Å². The van der Waals surface area contributed by atoms with Gasteiger partial charge in [-0.25, -0.2) is 9.97 Å². The molecule has 0 saturated heterocycles. The molecule has 0 aliphatic carbocycles. The highest BCUT2D eigenvalue weighted by Crippen LogP contribution is 2.19. The zero-order chi connectivity index (χ0) is 12.3. The predicted molar refractivity (Wildman–Crippen MR) is 69.7 cm³/mol. The minimum absolute atomic E-state index is 0.498. The van der Waals surface area contributed by atoms with Crippen LogP contribution in [0.2, 0.25) is 0 Å². The third kappa shape index (κ3) is 2.72. The highest BCUT2D eigenvalue weighted by atomic mass is 15.0. The van der Waals surface area contributed by atoms with Gasteiger partial charge in [-0.05, 0) is 31.0 Å². The fourth-order valence-corrected chi connectivity index (χ4v) is 1.76. The second kappa shape index (κ2) is 4.82. The number of nitrogen functional groups attached to an aromatic ring is 1. The largest absolute Gasteiger partial charge is 0.384 e. The molecular weight excluding hydrogens is 212 g/mol. The third-order valence-electron chi connectivity index (χ3n) is 2.63. The summed E-state index contributed by atoms with van der Waals surface area (Å²) < 4.78 is 0. The minimum Gasteiger partial charge on any atom is -0.384 e. The number of hydrogen-bond donors (Lipinski definition) is 2. The Bertz CT molecular complexity index is 502. The van der Waals surface area contributed by atoms with E-state index in [0.29, 0.717) is 18.2 Å². The molecule has 0 radical (unpaired) electrons. The van der Waals surface area contributed by atoms with Gasteiger partial charge in [0.15, 0.2) is 0 Å². The smallest absolute Gasteiger partial charge is 0.149 e. The molecule has 1 heterocycles. The number of nitrogens with two attached hydrogens (primary N) is 1. The van der Waals surface area contributed by atoms with Crippen molar-refractivity contribution in [1.82, 2.24) is 9.97 Å². The zero-order valence-corrected chi connectivity index (χ0v) is 10.1. The van der Waals surface area contributed by atoms with Gasteiger partial charge in [-0.3, -0.25) is 0 Å². The van der Waals surface area contributed by atoms with Gasteiger partial charge in [0.1, 0.15) is 11.6 Å². The molecule has 1 aromatic heterocycles. The van der Waals surface area contributed by atoms with E-state index in [0.717, 1.165) is 5.69 Å². The van der Waals surface area contributed by atoms with Crippen LogP contribution in [0.15, 0.2) is 30.5 Å². The summed E-state index contributed by atoms with van der Waals surface area (Å²) in [6, 6.07) is 7.89. The maximum Gasteiger partial charge on any atom is 0.149 e. The van der Waals surface area contributed by atoms with Gasteiger partial charge in [0.25, 0.3) is 0 Å². The second-order valence-corrected chi connectivity index (χ2v) is 4.02. The molecule has 0 bridgehead atoms. The monoisotopic (exact) mass is 228 g/mol. The van der Waals surface area contributed by atoms with Gasteiger partial charge >= 0.3 is 0 Å². The van der Waals surface area contributed by atoms with E-state index >= 15 is 0 Å². The number of anilines is 2. The highest BCUT2D eigenvalue weighted by molar-refractivity contribution is 5.56. The normalized spacial score (nSPS) is 10.2. The van der Waals surface area contributed by atoms with Crippen LogP contribution in [0.25, 0.3) is 0 Å². The van der Waals surface area contributed by atoms with E-state index in [1.165, 1.54) is 11.1 Å². The summed E-state index contributed by atoms with van der Waals surface area (Å²) in [5.74, 6) is 1.20. The van der Waals surface area contributed by atoms with Crippen molar-refractivity contribution in [2.24, 2.45) is 0 Å². The van der Waals surface area contributed by atoms with Crippen molar-refractivity contribution in [1.29, 1.82) is 0 Å². The van der Waals surface area contributed by atoms with Crippen molar-refractivity contribution in [3.63, 3.8) is 0 Å². The maximum atomic E-state index is 5.61. The lowest BCUT2D eigenvalue weighted by molar-refractivity contribution is 0.951. The first kappa shape index (κ1) is 11.4. The Morgan fingerprint density at radius 2 is 1.88 bits per heavy atom. The van der Waals surface area contributed by atoms with Crippen molar-refractivity contribution < 1.29 is 0 Å². The van der Waals surface area contributed by atoms with Gasteiger partial charge in [0.05, 0.1) is 6.54 Å². The summed E-state index contributed by atoms with van der Waals surface area (Å²) in [6.45, 7) is 4.74. The molecule has 4 nitrogen and oxygen atoms in total. The topological polar surface area (TPSA) is 63.8 Å². The molecule has 3 N–H and O–H groups in total. The Labute approximate surface area is 101 Å². The van der Waals surface area contributed by atoms with E-state index in [4.69, 9.17) is 5.73 Å². The maximum absolute atomic E-state index is 5.61. The van der Waals surface area contributed by atoms with Gasteiger partial charge < -0.3 is 11.1 Å². The number of nitrogens with zero attached hydrogens (tertiary/aromatic N) is 2. The van der Waals surface area contributed by atoms with Gasteiger partial charge in [-0.15, -0.1) is 0 Å². The van der Waals surface area contributed by atoms with Crippen LogP contribution in [0.3, 0.4) is 0 Å². The van der Waals surface area contributed by atoms with Gasteiger partial charge in [0, 0.05) is 11.9 Å². The Hall–Kier alpha value is -2.10. The third-order valence-corrected chi connectivity index (χ3v) is 2.63. The molecule has 0 unspecified atom stereocenters. The van der Waals surface area contributed by atoms with E-state index in [1.807, 2.05) is 6.07 Å². The molecule has 0 aliphatic heterocycles. The minimum atomic E-state index is 0.498. The highest BCUT2D eigenvalue weighted by Gasteiger charge is 2.02. The SMILES string of the molecule is Cc1cccc(C)c1NCc1nccc(N)n1. The lowest BCUT2D eigenvalue weighted by atomic mass is 10.1. The Morgan fingerprint density at radius 3 is 2.53 bits per heavy atom. The molecule has 2 aromatic rings. The van der Waals surface area contributed by atoms with Crippen LogP contribution < -0.4 is 11.1 Å². The fraction of sp³-hybridized carbons (Fsp3) is 0.231. The summed E-state index contributed by atoms with van der Waals surface area (Å²) in [5.41, 5.74) is 9.18. The molecule has 0 spiro atoms. The quantitative estimate of drug-likeness (QED) is 0.846. The van der Waals surface area contributed by atoms with Gasteiger partial charge in [-0.1, -0.05) is 18.2 Å². The van der Waals surface area contributed by atoms with Gasteiger partial charge in [0.2, 0.25) is 0 Å². The van der Waals surface area contributed by atoms with Crippen molar-refractivity contribution in [2.45, 2.75) is 20.4 Å². The first-order valence-electron chi connectivity index (χ1n) is 5.54. The predicted octanol–water partition coefficient (Wildman–Crippen LogP) is 2.29. The lowest BCUT2D eigenvalue weighted by Gasteiger charge is -2.11. The van der Waals surface area contributed by atoms with Crippen LogP contribution in [0.4, 0.5) is 11.5 Å². The molecule has 4 heteroatoms. The number of para-hydroxylation sites is 1. The van der Waals surface area contributed by atoms with Crippen LogP contribution in [-0.2, 0) is 6.54 Å². The molecule has 88 valence electrons. The molecule has 0 saturated carbocycles. The van der Waals surface area contributed by atoms with E-state index in [9.17, 15) is 0 Å². The summed E-state index contributed by atoms with van der Waals surface area (Å²) in [7, 11) is 0. The van der Waals surface area contributed by atoms with Crippen molar-refractivity contribution >= 4 is 11.5 Å². The van der Waals surface area contributed by atoms with E-state index in [-0.39, 0.29) is 0 Å². The molecule has 17 heavy (non-hydrogen) atoms. The zero-order valence-electron chi connectivity index (χ0n) is 10.1. The van der Waals surface area contributed by atoms with Crippen molar-refractivity contribution in [3.8, 4) is 0 Å². The van der Waals surface area contributed by atoms with Crippen molar-refractivity contribution in [3.05, 3.63) is 47.4 Å². The fourth-order valence-electron chi connectivity index (χ4n) is 1.76. The van der Waals surface area contributed by atoms with Gasteiger partial charge in [-0.2, -0.15) is 0 Å². The molecule has 1 aromatic carbocycles. The molecular formula is C13H16N4. The second-order valence-electron chi connectivity index (χ2n) is 4.02. The first-order valence-corrected chi connectivity index (χ1v) is 5.54. The molecule has 0 atom stereocenters. The van der Waals surface area contributed by atoms with E-state index in [1.54, 1.807) is 12.3 Å². The Balaban J connectivity index is 2.13. The summed E-state index contributed by atoms with van der Waals surface area (Å²) in [6.07, 6.45) is 1.67. The van der Waals surface area contributed by atoms with Crippen LogP contribution >= 0.6 is 0 Å². The molecule has 2 rings (SSSR count). The Kier molecular flexibility index (Phi) is 3.23. The first-order chi connectivity index (χ1) is 8.16. The van der Waals surface area contributed by atoms with Crippen LogP contribution in [0.5, 0.6) is 0 Å². The molecule has 0 amide bonds. The summed E-state index contributed by atoms with van der Waals surface area (Å²) in [5, 5.41) is 3.34. The standard InChI is InChI=1S/C13H16N4/c1-9-4-3-5-10(2)13(9)16-8-12-15-7-6-11(14)17-12/h3-7,16H,8H2,1-2H3,(H2,14,15,17). The average Bonchev–Trinajstić information content (AvgIpc) is 2.28. The number of hydrogen-bond acceptors (Lipinski definition) is 4. The van der Waals surface area contributed by atoms with Crippen molar-refractivity contribution in [2.75, 3.05) is 11.1 Å². The molecule has 0 fully saturated rings. The Morgan fingerprint density at radius 1 is 1.18 bits per heavy atom. The van der Waals surface area contributed by atoms with Crippen LogP contribution in [-0.4, -0.2) is 9.97 Å². The number of aromatic nitrogens is 2. The van der Waals surface area contributed by atoms with Crippen LogP contribution in [0, 0.1) is 13.8 Å². The summed E-state index contributed by atoms with van der Waals surface area (Å²) >= 11 is 0. The average molecular weight is 228 g/mol. The summed E-state index contributed by atoms with van der Waals surface area (Å²) in [4.78, 5) is 8.31. The number of benzene rings is 1. The van der Waals surface area contributed by atoms with E-state index < -0.39 is 0 Å². The lowest BCUT2D eigenvalue weighted by Crippen LogP contribution is -2.07. The number of aryl methyl sites for hydroxylation is 2. The molecule has 0 aliphatic rings.